The minimum absolute atomic E-state index is 0.227. The van der Waals surface area contributed by atoms with Crippen LogP contribution >= 0.6 is 0 Å². The van der Waals surface area contributed by atoms with E-state index in [2.05, 4.69) is 39.4 Å². The molecule has 6 nitrogen and oxygen atoms in total. The number of hydrogen-bond acceptors (Lipinski definition) is 4. The van der Waals surface area contributed by atoms with Gasteiger partial charge in [-0.05, 0) is 39.2 Å². The molecule has 0 bridgehead atoms. The van der Waals surface area contributed by atoms with Crippen molar-refractivity contribution in [1.29, 1.82) is 0 Å². The van der Waals surface area contributed by atoms with Gasteiger partial charge in [0.1, 0.15) is 5.60 Å². The molecule has 0 unspecified atom stereocenters. The van der Waals surface area contributed by atoms with Crippen molar-refractivity contribution in [2.24, 2.45) is 0 Å². The average Bonchev–Trinajstić information content (AvgIpc) is 3.05. The third kappa shape index (κ3) is 3.16. The fourth-order valence-electron chi connectivity index (χ4n) is 3.75. The maximum Gasteiger partial charge on any atom is 0.410 e. The van der Waals surface area contributed by atoms with Gasteiger partial charge in [-0.1, -0.05) is 24.3 Å². The summed E-state index contributed by atoms with van der Waals surface area (Å²) in [5.41, 5.74) is 4.64. The molecular weight excluding hydrogens is 328 g/mol. The lowest BCUT2D eigenvalue weighted by Crippen LogP contribution is -2.50. The largest absolute Gasteiger partial charge is 0.444 e. The summed E-state index contributed by atoms with van der Waals surface area (Å²) in [4.78, 5) is 16.3. The molecule has 0 radical (unpaired) electrons. The van der Waals surface area contributed by atoms with E-state index in [1.807, 2.05) is 20.8 Å². The normalized spacial score (nSPS) is 16.9. The summed E-state index contributed by atoms with van der Waals surface area (Å²) < 4.78 is 5.48. The Morgan fingerprint density at radius 1 is 1.12 bits per heavy atom. The first-order valence-corrected chi connectivity index (χ1v) is 9.31. The quantitative estimate of drug-likeness (QED) is 0.854. The molecule has 2 heterocycles. The molecule has 26 heavy (non-hydrogen) atoms. The van der Waals surface area contributed by atoms with Gasteiger partial charge < -0.3 is 14.5 Å². The Kier molecular flexibility index (Phi) is 4.13. The Balaban J connectivity index is 1.47. The van der Waals surface area contributed by atoms with Crippen LogP contribution in [0.3, 0.4) is 0 Å². The monoisotopic (exact) mass is 354 g/mol. The molecule has 6 heteroatoms. The Morgan fingerprint density at radius 3 is 2.58 bits per heavy atom. The second kappa shape index (κ2) is 6.34. The number of ether oxygens (including phenoxy) is 1. The Bertz CT molecular complexity index is 813. The van der Waals surface area contributed by atoms with Crippen molar-refractivity contribution in [3.05, 3.63) is 35.4 Å². The van der Waals surface area contributed by atoms with E-state index >= 15 is 0 Å². The summed E-state index contributed by atoms with van der Waals surface area (Å²) in [7, 11) is 0. The van der Waals surface area contributed by atoms with Crippen LogP contribution in [-0.4, -0.2) is 53.0 Å². The maximum absolute atomic E-state index is 12.2. The van der Waals surface area contributed by atoms with Crippen LogP contribution < -0.4 is 4.90 Å². The molecule has 1 aliphatic carbocycles. The van der Waals surface area contributed by atoms with Crippen LogP contribution in [-0.2, 0) is 17.6 Å². The Labute approximate surface area is 154 Å². The summed E-state index contributed by atoms with van der Waals surface area (Å²) >= 11 is 0. The molecule has 0 spiro atoms. The van der Waals surface area contributed by atoms with Crippen LogP contribution in [0.15, 0.2) is 24.3 Å². The van der Waals surface area contributed by atoms with E-state index in [1.54, 1.807) is 4.90 Å². The molecule has 1 amide bonds. The lowest BCUT2D eigenvalue weighted by atomic mass is 9.90. The van der Waals surface area contributed by atoms with Crippen LogP contribution in [0.1, 0.15) is 31.9 Å². The molecule has 1 N–H and O–H groups in total. The van der Waals surface area contributed by atoms with E-state index in [0.717, 1.165) is 37.4 Å². The van der Waals surface area contributed by atoms with Gasteiger partial charge in [-0.25, -0.2) is 4.79 Å². The highest BCUT2D eigenvalue weighted by molar-refractivity contribution is 5.75. The van der Waals surface area contributed by atoms with E-state index in [-0.39, 0.29) is 6.09 Å². The van der Waals surface area contributed by atoms with E-state index in [4.69, 9.17) is 4.74 Å². The number of fused-ring (bicyclic) bond motifs is 3. The second-order valence-electron chi connectivity index (χ2n) is 8.01. The van der Waals surface area contributed by atoms with Gasteiger partial charge in [-0.2, -0.15) is 5.10 Å². The van der Waals surface area contributed by atoms with Gasteiger partial charge in [-0.3, -0.25) is 5.10 Å². The topological polar surface area (TPSA) is 61.5 Å². The van der Waals surface area contributed by atoms with Crippen molar-refractivity contribution in [1.82, 2.24) is 15.1 Å². The highest BCUT2D eigenvalue weighted by Crippen LogP contribution is 2.36. The number of nitrogens with one attached hydrogen (secondary N) is 1. The molecular formula is C20H26N4O2. The highest BCUT2D eigenvalue weighted by Gasteiger charge is 2.29. The number of anilines is 1. The van der Waals surface area contributed by atoms with Gasteiger partial charge in [0, 0.05) is 37.3 Å². The van der Waals surface area contributed by atoms with Crippen LogP contribution in [0, 0.1) is 0 Å². The SMILES string of the molecule is CC(C)(C)OC(=O)N1CCN(c2n[nH]c3c2CCc2ccccc2-3)CC1. The predicted octanol–water partition coefficient (Wildman–Crippen LogP) is 3.23. The molecule has 1 aromatic heterocycles. The number of carbonyl (C=O) groups is 1. The average molecular weight is 354 g/mol. The fraction of sp³-hybridized carbons (Fsp3) is 0.500. The molecule has 2 aliphatic rings. The summed E-state index contributed by atoms with van der Waals surface area (Å²) in [6, 6.07) is 8.53. The molecule has 0 saturated carbocycles. The van der Waals surface area contributed by atoms with Gasteiger partial charge in [0.25, 0.3) is 0 Å². The number of benzene rings is 1. The summed E-state index contributed by atoms with van der Waals surface area (Å²) in [5.74, 6) is 1.04. The van der Waals surface area contributed by atoms with Gasteiger partial charge >= 0.3 is 6.09 Å². The summed E-state index contributed by atoms with van der Waals surface area (Å²) in [6.07, 6.45) is 1.83. The molecule has 1 aromatic carbocycles. The number of piperazine rings is 1. The minimum atomic E-state index is -0.455. The molecule has 1 aliphatic heterocycles. The third-order valence-corrected chi connectivity index (χ3v) is 5.01. The first kappa shape index (κ1) is 16.9. The van der Waals surface area contributed by atoms with Crippen molar-refractivity contribution >= 4 is 11.9 Å². The second-order valence-corrected chi connectivity index (χ2v) is 8.01. The number of carbonyl (C=O) groups excluding carboxylic acids is 1. The van der Waals surface area contributed by atoms with Crippen molar-refractivity contribution in [3.63, 3.8) is 0 Å². The molecule has 138 valence electrons. The number of aromatic nitrogens is 2. The summed E-state index contributed by atoms with van der Waals surface area (Å²) in [5, 5.41) is 7.86. The van der Waals surface area contributed by atoms with Gasteiger partial charge in [0.05, 0.1) is 5.69 Å². The zero-order chi connectivity index (χ0) is 18.3. The molecule has 4 rings (SSSR count). The number of aryl methyl sites for hydroxylation is 1. The lowest BCUT2D eigenvalue weighted by Gasteiger charge is -2.36. The van der Waals surface area contributed by atoms with Gasteiger partial charge in [0.15, 0.2) is 5.82 Å². The fourth-order valence-corrected chi connectivity index (χ4v) is 3.75. The minimum Gasteiger partial charge on any atom is -0.444 e. The number of hydrogen-bond donors (Lipinski definition) is 1. The zero-order valence-electron chi connectivity index (χ0n) is 15.7. The number of amides is 1. The van der Waals surface area contributed by atoms with Crippen LogP contribution in [0.5, 0.6) is 0 Å². The number of rotatable bonds is 1. The smallest absolute Gasteiger partial charge is 0.410 e. The number of nitrogens with zero attached hydrogens (tertiary/aromatic N) is 3. The molecule has 1 saturated heterocycles. The van der Waals surface area contributed by atoms with Crippen LogP contribution in [0.2, 0.25) is 0 Å². The van der Waals surface area contributed by atoms with Crippen LogP contribution in [0.25, 0.3) is 11.3 Å². The van der Waals surface area contributed by atoms with E-state index in [0.29, 0.717) is 13.1 Å². The van der Waals surface area contributed by atoms with Crippen LogP contribution in [0.4, 0.5) is 10.6 Å². The van der Waals surface area contributed by atoms with Gasteiger partial charge in [0.2, 0.25) is 0 Å². The maximum atomic E-state index is 12.2. The first-order valence-electron chi connectivity index (χ1n) is 9.31. The van der Waals surface area contributed by atoms with Crippen molar-refractivity contribution in [2.75, 3.05) is 31.1 Å². The Hall–Kier alpha value is -2.50. The van der Waals surface area contributed by atoms with E-state index in [1.165, 1.54) is 16.7 Å². The molecule has 0 atom stereocenters. The number of H-pyrrole nitrogens is 1. The van der Waals surface area contributed by atoms with Crippen molar-refractivity contribution in [3.8, 4) is 11.3 Å². The molecule has 2 aromatic rings. The van der Waals surface area contributed by atoms with Gasteiger partial charge in [-0.15, -0.1) is 0 Å². The predicted molar refractivity (Wildman–Crippen MR) is 101 cm³/mol. The Morgan fingerprint density at radius 2 is 1.85 bits per heavy atom. The van der Waals surface area contributed by atoms with E-state index < -0.39 is 5.60 Å². The standard InChI is InChI=1S/C20H26N4O2/c1-20(2,3)26-19(25)24-12-10-23(11-13-24)18-16-9-8-14-6-4-5-7-15(14)17(16)21-22-18/h4-7H,8-13H2,1-3H3,(H,21,22). The van der Waals surface area contributed by atoms with E-state index in [9.17, 15) is 4.79 Å². The highest BCUT2D eigenvalue weighted by atomic mass is 16.6. The zero-order valence-corrected chi connectivity index (χ0v) is 15.7. The van der Waals surface area contributed by atoms with Crippen molar-refractivity contribution < 1.29 is 9.53 Å². The molecule has 1 fully saturated rings. The lowest BCUT2D eigenvalue weighted by molar-refractivity contribution is 0.0240. The number of aromatic amines is 1. The third-order valence-electron chi connectivity index (χ3n) is 5.01. The van der Waals surface area contributed by atoms with Crippen molar-refractivity contribution in [2.45, 2.75) is 39.2 Å². The summed E-state index contributed by atoms with van der Waals surface area (Å²) in [6.45, 7) is 8.57. The first-order chi connectivity index (χ1) is 12.4.